The summed E-state index contributed by atoms with van der Waals surface area (Å²) in [4.78, 5) is 2.30. The summed E-state index contributed by atoms with van der Waals surface area (Å²) in [6.07, 6.45) is 0. The molecule has 8 aromatic carbocycles. The van der Waals surface area contributed by atoms with Gasteiger partial charge < -0.3 is 4.90 Å². The van der Waals surface area contributed by atoms with Crippen LogP contribution in [0.15, 0.2) is 188 Å². The van der Waals surface area contributed by atoms with E-state index in [-0.39, 0.29) is 0 Å². The number of benzene rings is 8. The van der Waals surface area contributed by atoms with Crippen LogP contribution < -0.4 is 4.90 Å². The van der Waals surface area contributed by atoms with Gasteiger partial charge in [-0.05, 0) is 91.3 Å². The highest BCUT2D eigenvalue weighted by molar-refractivity contribution is 6.16. The standard InChI is InChI=1S/C45H31N/c1-4-14-36(15-5-1)45(41-20-10-12-34-22-23-35-13-11-21-42(45)44(35)43(34)41)37-28-24-32(25-29-37)33-26-30-40(31-27-33)46(38-16-6-2-7-17-38)39-18-8-3-9-19-39/h1-31H. The van der Waals surface area contributed by atoms with E-state index in [0.717, 1.165) is 17.1 Å². The van der Waals surface area contributed by atoms with Crippen LogP contribution in [0.1, 0.15) is 22.3 Å². The maximum absolute atomic E-state index is 2.35. The second-order valence-corrected chi connectivity index (χ2v) is 12.1. The lowest BCUT2D eigenvalue weighted by Crippen LogP contribution is -2.28. The van der Waals surface area contributed by atoms with Gasteiger partial charge in [0.1, 0.15) is 0 Å². The third-order valence-electron chi connectivity index (χ3n) is 9.71. The van der Waals surface area contributed by atoms with Crippen molar-refractivity contribution in [1.29, 1.82) is 0 Å². The first-order valence-corrected chi connectivity index (χ1v) is 15.9. The Kier molecular flexibility index (Phi) is 6.11. The number of para-hydroxylation sites is 2. The zero-order valence-electron chi connectivity index (χ0n) is 25.3. The van der Waals surface area contributed by atoms with E-state index in [4.69, 9.17) is 0 Å². The van der Waals surface area contributed by atoms with E-state index in [1.807, 2.05) is 0 Å². The lowest BCUT2D eigenvalue weighted by atomic mass is 9.67. The first-order chi connectivity index (χ1) is 22.8. The van der Waals surface area contributed by atoms with Gasteiger partial charge in [-0.3, -0.25) is 0 Å². The van der Waals surface area contributed by atoms with E-state index in [9.17, 15) is 0 Å². The van der Waals surface area contributed by atoms with Crippen molar-refractivity contribution in [3.63, 3.8) is 0 Å². The Labute approximate surface area is 269 Å². The molecule has 0 unspecified atom stereocenters. The van der Waals surface area contributed by atoms with Crippen LogP contribution in [0, 0.1) is 0 Å². The van der Waals surface area contributed by atoms with E-state index in [1.54, 1.807) is 0 Å². The van der Waals surface area contributed by atoms with E-state index >= 15 is 0 Å². The van der Waals surface area contributed by atoms with Crippen LogP contribution >= 0.6 is 0 Å². The molecule has 1 nitrogen and oxygen atoms in total. The third-order valence-corrected chi connectivity index (χ3v) is 9.71. The van der Waals surface area contributed by atoms with Gasteiger partial charge >= 0.3 is 0 Å². The molecule has 0 saturated carbocycles. The predicted molar refractivity (Wildman–Crippen MR) is 193 cm³/mol. The minimum Gasteiger partial charge on any atom is -0.311 e. The van der Waals surface area contributed by atoms with Crippen LogP contribution in [-0.4, -0.2) is 0 Å². The summed E-state index contributed by atoms with van der Waals surface area (Å²) < 4.78 is 0. The SMILES string of the molecule is c1ccc(N(c2ccccc2)c2ccc(-c3ccc(C4(c5ccccc5)c5cccc6ccc7cccc4c7c56)cc3)cc2)cc1. The van der Waals surface area contributed by atoms with Crippen molar-refractivity contribution in [3.05, 3.63) is 210 Å². The largest absolute Gasteiger partial charge is 0.311 e. The molecule has 0 aromatic heterocycles. The maximum Gasteiger partial charge on any atom is 0.0714 e. The highest BCUT2D eigenvalue weighted by atomic mass is 15.1. The van der Waals surface area contributed by atoms with Gasteiger partial charge in [0.2, 0.25) is 0 Å². The summed E-state index contributed by atoms with van der Waals surface area (Å²) in [6, 6.07) is 68.5. The Morgan fingerprint density at radius 2 is 0.717 bits per heavy atom. The quantitative estimate of drug-likeness (QED) is 0.175. The van der Waals surface area contributed by atoms with Crippen LogP contribution in [0.3, 0.4) is 0 Å². The van der Waals surface area contributed by atoms with Crippen molar-refractivity contribution in [2.45, 2.75) is 5.41 Å². The van der Waals surface area contributed by atoms with Crippen LogP contribution in [-0.2, 0) is 5.41 Å². The molecule has 0 N–H and O–H groups in total. The fourth-order valence-electron chi connectivity index (χ4n) is 7.72. The summed E-state index contributed by atoms with van der Waals surface area (Å²) in [5.41, 5.74) is 10.7. The van der Waals surface area contributed by atoms with Gasteiger partial charge in [0.15, 0.2) is 0 Å². The molecule has 1 heteroatoms. The summed E-state index contributed by atoms with van der Waals surface area (Å²) in [5, 5.41) is 5.35. The van der Waals surface area contributed by atoms with Crippen molar-refractivity contribution in [3.8, 4) is 11.1 Å². The van der Waals surface area contributed by atoms with Crippen LogP contribution in [0.25, 0.3) is 32.7 Å². The van der Waals surface area contributed by atoms with Gasteiger partial charge in [-0.25, -0.2) is 0 Å². The minimum atomic E-state index is -0.391. The summed E-state index contributed by atoms with van der Waals surface area (Å²) in [7, 11) is 0. The first-order valence-electron chi connectivity index (χ1n) is 15.9. The zero-order chi connectivity index (χ0) is 30.5. The highest BCUT2D eigenvalue weighted by Crippen LogP contribution is 2.55. The second-order valence-electron chi connectivity index (χ2n) is 12.1. The first kappa shape index (κ1) is 26.5. The van der Waals surface area contributed by atoms with Crippen LogP contribution in [0.2, 0.25) is 0 Å². The Bertz CT molecular complexity index is 2220. The van der Waals surface area contributed by atoms with E-state index in [1.165, 1.54) is 54.9 Å². The molecule has 8 aromatic rings. The molecule has 0 heterocycles. The molecule has 216 valence electrons. The van der Waals surface area contributed by atoms with E-state index < -0.39 is 5.41 Å². The zero-order valence-corrected chi connectivity index (χ0v) is 25.3. The Balaban J connectivity index is 1.15. The van der Waals surface area contributed by atoms with E-state index in [2.05, 4.69) is 193 Å². The van der Waals surface area contributed by atoms with Gasteiger partial charge in [-0.15, -0.1) is 0 Å². The average molecular weight is 586 g/mol. The van der Waals surface area contributed by atoms with Gasteiger partial charge in [0.25, 0.3) is 0 Å². The molecular formula is C45H31N. The molecule has 0 saturated heterocycles. The lowest BCUT2D eigenvalue weighted by molar-refractivity contribution is 0.771. The van der Waals surface area contributed by atoms with Gasteiger partial charge in [0, 0.05) is 17.1 Å². The fraction of sp³-hybridized carbons (Fsp3) is 0.0222. The lowest BCUT2D eigenvalue weighted by Gasteiger charge is -2.34. The molecule has 0 bridgehead atoms. The number of hydrogen-bond acceptors (Lipinski definition) is 1. The molecule has 9 rings (SSSR count). The van der Waals surface area contributed by atoms with Crippen molar-refractivity contribution in [2.24, 2.45) is 0 Å². The molecule has 46 heavy (non-hydrogen) atoms. The second kappa shape index (κ2) is 10.6. The van der Waals surface area contributed by atoms with E-state index in [0.29, 0.717) is 0 Å². The van der Waals surface area contributed by atoms with Crippen molar-refractivity contribution >= 4 is 38.6 Å². The molecule has 0 atom stereocenters. The van der Waals surface area contributed by atoms with Gasteiger partial charge in [0.05, 0.1) is 5.41 Å². The van der Waals surface area contributed by atoms with Gasteiger partial charge in [-0.1, -0.05) is 152 Å². The monoisotopic (exact) mass is 585 g/mol. The maximum atomic E-state index is 2.35. The molecular weight excluding hydrogens is 555 g/mol. The molecule has 1 aliphatic carbocycles. The topological polar surface area (TPSA) is 3.24 Å². The average Bonchev–Trinajstić information content (AvgIpc) is 3.45. The third kappa shape index (κ3) is 3.95. The Morgan fingerprint density at radius 1 is 0.304 bits per heavy atom. The molecule has 0 spiro atoms. The normalized spacial score (nSPS) is 13.0. The Hall–Kier alpha value is -5.92. The van der Waals surface area contributed by atoms with Crippen LogP contribution in [0.4, 0.5) is 17.1 Å². The fourth-order valence-corrected chi connectivity index (χ4v) is 7.72. The van der Waals surface area contributed by atoms with Crippen molar-refractivity contribution in [1.82, 2.24) is 0 Å². The summed E-state index contributed by atoms with van der Waals surface area (Å²) in [5.74, 6) is 0. The van der Waals surface area contributed by atoms with Crippen LogP contribution in [0.5, 0.6) is 0 Å². The van der Waals surface area contributed by atoms with Crippen molar-refractivity contribution in [2.75, 3.05) is 4.90 Å². The predicted octanol–water partition coefficient (Wildman–Crippen LogP) is 11.8. The van der Waals surface area contributed by atoms with Crippen molar-refractivity contribution < 1.29 is 0 Å². The molecule has 0 aliphatic heterocycles. The smallest absolute Gasteiger partial charge is 0.0714 e. The minimum absolute atomic E-state index is 0.391. The molecule has 0 fully saturated rings. The molecule has 0 radical (unpaired) electrons. The number of anilines is 3. The van der Waals surface area contributed by atoms with Gasteiger partial charge in [-0.2, -0.15) is 0 Å². The number of nitrogens with zero attached hydrogens (tertiary/aromatic N) is 1. The highest BCUT2D eigenvalue weighted by Gasteiger charge is 2.44. The number of rotatable bonds is 6. The molecule has 0 amide bonds. The summed E-state index contributed by atoms with van der Waals surface area (Å²) >= 11 is 0. The number of hydrogen-bond donors (Lipinski definition) is 0. The Morgan fingerprint density at radius 3 is 1.22 bits per heavy atom. The molecule has 1 aliphatic rings. The summed E-state index contributed by atoms with van der Waals surface area (Å²) in [6.45, 7) is 0.